The van der Waals surface area contributed by atoms with Crippen molar-refractivity contribution in [2.45, 2.75) is 44.6 Å². The lowest BCUT2D eigenvalue weighted by Crippen LogP contribution is -2.63. The fourth-order valence-corrected chi connectivity index (χ4v) is 4.42. The molecule has 8 nitrogen and oxygen atoms in total. The average molecular weight is 388 g/mol. The molecule has 8 heteroatoms. The van der Waals surface area contributed by atoms with Crippen molar-refractivity contribution in [1.29, 1.82) is 0 Å². The van der Waals surface area contributed by atoms with E-state index in [0.29, 0.717) is 37.3 Å². The summed E-state index contributed by atoms with van der Waals surface area (Å²) in [6, 6.07) is 4.89. The van der Waals surface area contributed by atoms with Gasteiger partial charge >= 0.3 is 5.97 Å². The summed E-state index contributed by atoms with van der Waals surface area (Å²) < 4.78 is 0. The van der Waals surface area contributed by atoms with Crippen molar-refractivity contribution in [2.24, 2.45) is 5.73 Å². The number of hydrogen-bond acceptors (Lipinski definition) is 5. The number of anilines is 2. The highest BCUT2D eigenvalue weighted by Crippen LogP contribution is 2.35. The normalized spacial score (nSPS) is 19.8. The molecule has 3 rings (SSSR count). The molecule has 2 heterocycles. The monoisotopic (exact) mass is 388 g/mol. The maximum atomic E-state index is 12.4. The number of nitrogens with zero attached hydrogens (tertiary/aromatic N) is 2. The van der Waals surface area contributed by atoms with Crippen LogP contribution in [0.25, 0.3) is 0 Å². The van der Waals surface area contributed by atoms with Crippen LogP contribution in [-0.2, 0) is 9.59 Å². The van der Waals surface area contributed by atoms with Crippen LogP contribution < -0.4 is 16.0 Å². The first-order valence-electron chi connectivity index (χ1n) is 9.78. The second-order valence-corrected chi connectivity index (χ2v) is 7.65. The second-order valence-electron chi connectivity index (χ2n) is 7.65. The fraction of sp³-hybridized carbons (Fsp3) is 0.550. The van der Waals surface area contributed by atoms with Crippen LogP contribution >= 0.6 is 0 Å². The molecule has 0 saturated carbocycles. The standard InChI is InChI=1S/C20H28N4O4/c1-14(25)22-15-5-6-17(16(13-15)18(26)27)23-11-7-20(8-12-23,19(21)28)24-9-3-2-4-10-24/h5-6,13H,2-4,7-12H2,1H3,(H2,21,28)(H,22,25)(H,26,27). The molecule has 152 valence electrons. The molecule has 4 N–H and O–H groups in total. The van der Waals surface area contributed by atoms with E-state index in [1.54, 1.807) is 12.1 Å². The first-order chi connectivity index (χ1) is 13.3. The molecule has 2 saturated heterocycles. The van der Waals surface area contributed by atoms with E-state index in [1.165, 1.54) is 19.4 Å². The Kier molecular flexibility index (Phi) is 5.88. The van der Waals surface area contributed by atoms with E-state index in [2.05, 4.69) is 10.2 Å². The number of hydrogen-bond donors (Lipinski definition) is 3. The molecular weight excluding hydrogens is 360 g/mol. The lowest BCUT2D eigenvalue weighted by Gasteiger charge is -2.48. The summed E-state index contributed by atoms with van der Waals surface area (Å²) in [6.45, 7) is 4.25. The quantitative estimate of drug-likeness (QED) is 0.706. The SMILES string of the molecule is CC(=O)Nc1ccc(N2CCC(C(N)=O)(N3CCCCC3)CC2)c(C(=O)O)c1. The van der Waals surface area contributed by atoms with Crippen LogP contribution in [0.3, 0.4) is 0 Å². The molecular formula is C20H28N4O4. The largest absolute Gasteiger partial charge is 0.478 e. The molecule has 2 amide bonds. The Bertz CT molecular complexity index is 765. The first-order valence-corrected chi connectivity index (χ1v) is 9.78. The molecule has 0 aliphatic carbocycles. The molecule has 1 aromatic carbocycles. The highest BCUT2D eigenvalue weighted by molar-refractivity contribution is 5.98. The van der Waals surface area contributed by atoms with E-state index in [0.717, 1.165) is 25.9 Å². The summed E-state index contributed by atoms with van der Waals surface area (Å²) in [7, 11) is 0. The van der Waals surface area contributed by atoms with Gasteiger partial charge in [0.05, 0.1) is 11.3 Å². The molecule has 0 spiro atoms. The van der Waals surface area contributed by atoms with E-state index in [9.17, 15) is 19.5 Å². The highest BCUT2D eigenvalue weighted by atomic mass is 16.4. The van der Waals surface area contributed by atoms with Crippen molar-refractivity contribution in [3.63, 3.8) is 0 Å². The summed E-state index contributed by atoms with van der Waals surface area (Å²) >= 11 is 0. The highest BCUT2D eigenvalue weighted by Gasteiger charge is 2.45. The fourth-order valence-electron chi connectivity index (χ4n) is 4.42. The van der Waals surface area contributed by atoms with Gasteiger partial charge in [0.25, 0.3) is 0 Å². The van der Waals surface area contributed by atoms with Crippen LogP contribution in [0.4, 0.5) is 11.4 Å². The topological polar surface area (TPSA) is 116 Å². The average Bonchev–Trinajstić information content (AvgIpc) is 2.68. The molecule has 1 aromatic rings. The van der Waals surface area contributed by atoms with Crippen molar-refractivity contribution in [2.75, 3.05) is 36.4 Å². The Morgan fingerprint density at radius 2 is 1.71 bits per heavy atom. The number of benzene rings is 1. The van der Waals surface area contributed by atoms with Crippen molar-refractivity contribution >= 4 is 29.2 Å². The van der Waals surface area contributed by atoms with Crippen LogP contribution in [0.1, 0.15) is 49.4 Å². The maximum Gasteiger partial charge on any atom is 0.337 e. The van der Waals surface area contributed by atoms with Gasteiger partial charge in [0, 0.05) is 25.7 Å². The lowest BCUT2D eigenvalue weighted by molar-refractivity contribution is -0.132. The van der Waals surface area contributed by atoms with Gasteiger partial charge in [0.2, 0.25) is 11.8 Å². The number of aromatic carboxylic acids is 1. The van der Waals surface area contributed by atoms with E-state index < -0.39 is 11.5 Å². The number of primary amides is 1. The third-order valence-electron chi connectivity index (χ3n) is 5.90. The molecule has 0 atom stereocenters. The van der Waals surface area contributed by atoms with Crippen LogP contribution in [0, 0.1) is 0 Å². The van der Waals surface area contributed by atoms with E-state index in [4.69, 9.17) is 5.73 Å². The number of likely N-dealkylation sites (tertiary alicyclic amines) is 1. The summed E-state index contributed by atoms with van der Waals surface area (Å²) in [5, 5.41) is 12.2. The number of carboxylic acid groups (broad SMARTS) is 1. The first kappa shape index (κ1) is 20.1. The minimum atomic E-state index is -1.05. The summed E-state index contributed by atoms with van der Waals surface area (Å²) in [5.74, 6) is -1.59. The third-order valence-corrected chi connectivity index (χ3v) is 5.90. The zero-order chi connectivity index (χ0) is 20.3. The molecule has 2 aliphatic rings. The van der Waals surface area contributed by atoms with Gasteiger partial charge in [-0.25, -0.2) is 4.79 Å². The number of rotatable bonds is 5. The number of piperidine rings is 2. The molecule has 28 heavy (non-hydrogen) atoms. The van der Waals surface area contributed by atoms with Gasteiger partial charge in [-0.2, -0.15) is 0 Å². The molecule has 2 aliphatic heterocycles. The number of carboxylic acids is 1. The predicted molar refractivity (Wildman–Crippen MR) is 107 cm³/mol. The number of nitrogens with one attached hydrogen (secondary N) is 1. The molecule has 0 radical (unpaired) electrons. The van der Waals surface area contributed by atoms with Gasteiger partial charge in [-0.3, -0.25) is 14.5 Å². The van der Waals surface area contributed by atoms with Crippen LogP contribution in [0.2, 0.25) is 0 Å². The molecule has 0 aromatic heterocycles. The summed E-state index contributed by atoms with van der Waals surface area (Å²) in [5.41, 5.74) is 6.37. The number of nitrogens with two attached hydrogens (primary N) is 1. The van der Waals surface area contributed by atoms with E-state index >= 15 is 0 Å². The van der Waals surface area contributed by atoms with Gasteiger partial charge in [-0.15, -0.1) is 0 Å². The minimum Gasteiger partial charge on any atom is -0.478 e. The smallest absolute Gasteiger partial charge is 0.337 e. The zero-order valence-corrected chi connectivity index (χ0v) is 16.2. The number of carbonyl (C=O) groups excluding carboxylic acids is 2. The lowest BCUT2D eigenvalue weighted by atomic mass is 9.83. The molecule has 2 fully saturated rings. The Morgan fingerprint density at radius 1 is 1.07 bits per heavy atom. The van der Waals surface area contributed by atoms with Crippen molar-refractivity contribution in [3.8, 4) is 0 Å². The molecule has 0 unspecified atom stereocenters. The van der Waals surface area contributed by atoms with Crippen molar-refractivity contribution < 1.29 is 19.5 Å². The Labute approximate surface area is 164 Å². The van der Waals surface area contributed by atoms with Crippen LogP contribution in [0.15, 0.2) is 18.2 Å². The predicted octanol–water partition coefficient (Wildman–Crippen LogP) is 1.65. The van der Waals surface area contributed by atoms with Crippen LogP contribution in [0.5, 0.6) is 0 Å². The van der Waals surface area contributed by atoms with Gasteiger partial charge in [0.15, 0.2) is 0 Å². The number of amides is 2. The van der Waals surface area contributed by atoms with Gasteiger partial charge in [-0.05, 0) is 57.0 Å². The van der Waals surface area contributed by atoms with Gasteiger partial charge in [0.1, 0.15) is 5.54 Å². The van der Waals surface area contributed by atoms with Crippen LogP contribution in [-0.4, -0.2) is 59.5 Å². The maximum absolute atomic E-state index is 12.4. The Balaban J connectivity index is 1.80. The Hall–Kier alpha value is -2.61. The Morgan fingerprint density at radius 3 is 2.25 bits per heavy atom. The van der Waals surface area contributed by atoms with Gasteiger partial charge < -0.3 is 21.1 Å². The van der Waals surface area contributed by atoms with Crippen molar-refractivity contribution in [1.82, 2.24) is 4.90 Å². The molecule has 0 bridgehead atoms. The van der Waals surface area contributed by atoms with E-state index in [1.807, 2.05) is 4.90 Å². The van der Waals surface area contributed by atoms with E-state index in [-0.39, 0.29) is 17.4 Å². The van der Waals surface area contributed by atoms with Gasteiger partial charge in [-0.1, -0.05) is 6.42 Å². The summed E-state index contributed by atoms with van der Waals surface area (Å²) in [4.78, 5) is 39.6. The number of carbonyl (C=O) groups is 3. The third kappa shape index (κ3) is 3.96. The minimum absolute atomic E-state index is 0.135. The second kappa shape index (κ2) is 8.18. The summed E-state index contributed by atoms with van der Waals surface area (Å²) in [6.07, 6.45) is 4.49. The van der Waals surface area contributed by atoms with Crippen molar-refractivity contribution in [3.05, 3.63) is 23.8 Å². The zero-order valence-electron chi connectivity index (χ0n) is 16.2.